The number of nitrogens with zero attached hydrogens (tertiary/aromatic N) is 2. The van der Waals surface area contributed by atoms with E-state index in [1.165, 1.54) is 50.1 Å². The van der Waals surface area contributed by atoms with Crippen LogP contribution in [-0.4, -0.2) is 36.1 Å². The smallest absolute Gasteiger partial charge is 0.106 e. The van der Waals surface area contributed by atoms with E-state index in [1.54, 1.807) is 11.3 Å². The molecule has 1 aliphatic carbocycles. The lowest BCUT2D eigenvalue weighted by atomic mass is 9.94. The van der Waals surface area contributed by atoms with Gasteiger partial charge in [-0.1, -0.05) is 19.3 Å². The monoisotopic (exact) mass is 267 g/mol. The fourth-order valence-corrected chi connectivity index (χ4v) is 3.28. The molecule has 1 N–H and O–H groups in total. The van der Waals surface area contributed by atoms with Gasteiger partial charge in [0.25, 0.3) is 0 Å². The maximum atomic E-state index is 4.27. The van der Waals surface area contributed by atoms with Crippen LogP contribution < -0.4 is 5.32 Å². The minimum Gasteiger partial charge on any atom is -0.310 e. The zero-order valence-electron chi connectivity index (χ0n) is 11.4. The lowest BCUT2D eigenvalue weighted by Gasteiger charge is -2.31. The molecule has 102 valence electrons. The normalized spacial score (nSPS) is 17.4. The number of hydrogen-bond acceptors (Lipinski definition) is 4. The van der Waals surface area contributed by atoms with Crippen LogP contribution in [0.3, 0.4) is 0 Å². The van der Waals surface area contributed by atoms with Crippen molar-refractivity contribution in [3.8, 4) is 0 Å². The summed E-state index contributed by atoms with van der Waals surface area (Å²) in [5.74, 6) is 0. The van der Waals surface area contributed by atoms with Crippen molar-refractivity contribution in [3.05, 3.63) is 16.6 Å². The first kappa shape index (κ1) is 14.0. The molecule has 0 radical (unpaired) electrons. The molecular formula is C14H25N3S. The Bertz CT molecular complexity index is 307. The first-order valence-corrected chi connectivity index (χ1v) is 8.03. The van der Waals surface area contributed by atoms with Crippen molar-refractivity contribution in [1.29, 1.82) is 0 Å². The predicted octanol–water partition coefficient (Wildman–Crippen LogP) is 2.89. The minimum atomic E-state index is 0.845. The van der Waals surface area contributed by atoms with Gasteiger partial charge >= 0.3 is 0 Å². The summed E-state index contributed by atoms with van der Waals surface area (Å²) >= 11 is 1.73. The highest BCUT2D eigenvalue weighted by Gasteiger charge is 2.16. The summed E-state index contributed by atoms with van der Waals surface area (Å²) in [6, 6.07) is 0.845. The Hall–Kier alpha value is -0.450. The van der Waals surface area contributed by atoms with Gasteiger partial charge in [0.15, 0.2) is 0 Å². The first-order chi connectivity index (χ1) is 8.86. The van der Waals surface area contributed by atoms with Crippen LogP contribution in [0, 0.1) is 0 Å². The predicted molar refractivity (Wildman–Crippen MR) is 77.9 cm³/mol. The van der Waals surface area contributed by atoms with Crippen molar-refractivity contribution < 1.29 is 0 Å². The fourth-order valence-electron chi connectivity index (χ4n) is 2.69. The van der Waals surface area contributed by atoms with E-state index < -0.39 is 0 Å². The molecule has 1 aromatic heterocycles. The Morgan fingerprint density at radius 1 is 1.39 bits per heavy atom. The van der Waals surface area contributed by atoms with Crippen LogP contribution in [0.25, 0.3) is 0 Å². The molecule has 0 aliphatic heterocycles. The Kier molecular flexibility index (Phi) is 6.11. The molecule has 3 nitrogen and oxygen atoms in total. The van der Waals surface area contributed by atoms with E-state index in [4.69, 9.17) is 0 Å². The van der Waals surface area contributed by atoms with Crippen molar-refractivity contribution in [2.45, 2.75) is 51.1 Å². The third-order valence-electron chi connectivity index (χ3n) is 3.82. The molecule has 0 spiro atoms. The standard InChI is InChI=1S/C14H25N3S/c1-17(13-6-3-2-4-7-13)10-5-8-15-12-14-16-9-11-18-14/h9,11,13,15H,2-8,10,12H2,1H3. The topological polar surface area (TPSA) is 28.2 Å². The van der Waals surface area contributed by atoms with E-state index in [0.29, 0.717) is 0 Å². The van der Waals surface area contributed by atoms with Crippen LogP contribution >= 0.6 is 11.3 Å². The van der Waals surface area contributed by atoms with Gasteiger partial charge in [0.1, 0.15) is 5.01 Å². The summed E-state index contributed by atoms with van der Waals surface area (Å²) in [4.78, 5) is 6.83. The second kappa shape index (κ2) is 7.87. The molecule has 18 heavy (non-hydrogen) atoms. The first-order valence-electron chi connectivity index (χ1n) is 7.15. The van der Waals surface area contributed by atoms with Crippen LogP contribution in [0.4, 0.5) is 0 Å². The summed E-state index contributed by atoms with van der Waals surface area (Å²) in [5.41, 5.74) is 0. The number of thiazole rings is 1. The van der Waals surface area contributed by atoms with Gasteiger partial charge in [-0.3, -0.25) is 0 Å². The van der Waals surface area contributed by atoms with Crippen LogP contribution in [0.15, 0.2) is 11.6 Å². The van der Waals surface area contributed by atoms with Gasteiger partial charge in [-0.05, 0) is 39.4 Å². The van der Waals surface area contributed by atoms with Crippen LogP contribution in [0.1, 0.15) is 43.5 Å². The van der Waals surface area contributed by atoms with E-state index in [0.717, 1.165) is 19.1 Å². The lowest BCUT2D eigenvalue weighted by molar-refractivity contribution is 0.189. The summed E-state index contributed by atoms with van der Waals surface area (Å²) < 4.78 is 0. The van der Waals surface area contributed by atoms with E-state index in [9.17, 15) is 0 Å². The zero-order valence-corrected chi connectivity index (χ0v) is 12.2. The van der Waals surface area contributed by atoms with Crippen molar-refractivity contribution in [3.63, 3.8) is 0 Å². The van der Waals surface area contributed by atoms with Gasteiger partial charge < -0.3 is 10.2 Å². The quantitative estimate of drug-likeness (QED) is 0.770. The highest BCUT2D eigenvalue weighted by molar-refractivity contribution is 7.09. The molecule has 1 fully saturated rings. The fraction of sp³-hybridized carbons (Fsp3) is 0.786. The molecule has 0 aromatic carbocycles. The van der Waals surface area contributed by atoms with Crippen molar-refractivity contribution >= 4 is 11.3 Å². The zero-order chi connectivity index (χ0) is 12.6. The Morgan fingerprint density at radius 3 is 2.94 bits per heavy atom. The average Bonchev–Trinajstić information content (AvgIpc) is 2.92. The SMILES string of the molecule is CN(CCCNCc1nccs1)C1CCCCC1. The van der Waals surface area contributed by atoms with E-state index in [2.05, 4.69) is 22.2 Å². The summed E-state index contributed by atoms with van der Waals surface area (Å²) in [5, 5.41) is 6.69. The van der Waals surface area contributed by atoms with Gasteiger partial charge in [-0.15, -0.1) is 11.3 Å². The van der Waals surface area contributed by atoms with Crippen LogP contribution in [-0.2, 0) is 6.54 Å². The van der Waals surface area contributed by atoms with Gasteiger partial charge in [-0.2, -0.15) is 0 Å². The maximum Gasteiger partial charge on any atom is 0.106 e. The molecule has 0 saturated heterocycles. The minimum absolute atomic E-state index is 0.845. The molecule has 0 bridgehead atoms. The molecule has 1 saturated carbocycles. The third-order valence-corrected chi connectivity index (χ3v) is 4.60. The van der Waals surface area contributed by atoms with Crippen molar-refractivity contribution in [2.75, 3.05) is 20.1 Å². The number of rotatable bonds is 7. The Morgan fingerprint density at radius 2 is 2.22 bits per heavy atom. The molecule has 4 heteroatoms. The van der Waals surface area contributed by atoms with Gasteiger partial charge in [0.2, 0.25) is 0 Å². The second-order valence-electron chi connectivity index (χ2n) is 5.23. The van der Waals surface area contributed by atoms with Crippen molar-refractivity contribution in [1.82, 2.24) is 15.2 Å². The molecule has 0 amide bonds. The maximum absolute atomic E-state index is 4.27. The van der Waals surface area contributed by atoms with Crippen LogP contribution in [0.5, 0.6) is 0 Å². The summed E-state index contributed by atoms with van der Waals surface area (Å²) in [7, 11) is 2.29. The van der Waals surface area contributed by atoms with Gasteiger partial charge in [0.05, 0.1) is 0 Å². The highest BCUT2D eigenvalue weighted by atomic mass is 32.1. The van der Waals surface area contributed by atoms with E-state index in [1.807, 2.05) is 11.6 Å². The van der Waals surface area contributed by atoms with Gasteiger partial charge in [-0.25, -0.2) is 4.98 Å². The van der Waals surface area contributed by atoms with Gasteiger partial charge in [0, 0.05) is 24.2 Å². The Labute approximate surface area is 115 Å². The third kappa shape index (κ3) is 4.67. The molecule has 1 heterocycles. The molecule has 1 aliphatic rings. The van der Waals surface area contributed by atoms with E-state index >= 15 is 0 Å². The molecular weight excluding hydrogens is 242 g/mol. The van der Waals surface area contributed by atoms with E-state index in [-0.39, 0.29) is 0 Å². The molecule has 0 unspecified atom stereocenters. The largest absolute Gasteiger partial charge is 0.310 e. The summed E-state index contributed by atoms with van der Waals surface area (Å²) in [6.07, 6.45) is 10.2. The van der Waals surface area contributed by atoms with Crippen LogP contribution in [0.2, 0.25) is 0 Å². The number of aromatic nitrogens is 1. The molecule has 2 rings (SSSR count). The average molecular weight is 267 g/mol. The van der Waals surface area contributed by atoms with Crippen molar-refractivity contribution in [2.24, 2.45) is 0 Å². The molecule has 0 atom stereocenters. The number of nitrogens with one attached hydrogen (secondary N) is 1. The Balaban J connectivity index is 1.52. The second-order valence-corrected chi connectivity index (χ2v) is 6.21. The summed E-state index contributed by atoms with van der Waals surface area (Å²) in [6.45, 7) is 3.23. The highest BCUT2D eigenvalue weighted by Crippen LogP contribution is 2.21. The lowest BCUT2D eigenvalue weighted by Crippen LogP contribution is -2.35. The molecule has 1 aromatic rings. The number of hydrogen-bond donors (Lipinski definition) is 1.